The van der Waals surface area contributed by atoms with Gasteiger partial charge in [0.05, 0.1) is 29.6 Å². The molecule has 0 saturated carbocycles. The minimum absolute atomic E-state index is 0.160. The molecule has 0 unspecified atom stereocenters. The molecular formula is C36H31Cl2N3O5S. The highest BCUT2D eigenvalue weighted by Crippen LogP contribution is 2.32. The van der Waals surface area contributed by atoms with E-state index < -0.39 is 15.8 Å². The fourth-order valence-corrected chi connectivity index (χ4v) is 7.49. The van der Waals surface area contributed by atoms with Gasteiger partial charge >= 0.3 is 5.97 Å². The number of sulfonamides is 1. The average molecular weight is 689 g/mol. The molecule has 6 rings (SSSR count). The highest BCUT2D eigenvalue weighted by atomic mass is 35.5. The summed E-state index contributed by atoms with van der Waals surface area (Å²) in [6.07, 6.45) is 3.39. The number of benzene rings is 4. The number of Topliss-reactive ketones (excluding diaryl/α,β-unsaturated/α-hetero) is 1. The van der Waals surface area contributed by atoms with Crippen LogP contribution in [0.2, 0.25) is 10.0 Å². The molecule has 0 bridgehead atoms. The summed E-state index contributed by atoms with van der Waals surface area (Å²) in [6.45, 7) is 2.03. The van der Waals surface area contributed by atoms with Gasteiger partial charge in [0, 0.05) is 35.3 Å². The summed E-state index contributed by atoms with van der Waals surface area (Å²) in [7, 11) is -3.67. The SMILES string of the molecule is CCOC(=O)CCc1ccc(-c2ccc(Cc3nc(-c4ccc(Cl)cc4Cl)cn3-c3ccc(N4CC(=O)CS4(=O)=O)cc3)cc2)cc1. The number of aromatic nitrogens is 2. The van der Waals surface area contributed by atoms with Crippen molar-refractivity contribution in [2.24, 2.45) is 0 Å². The van der Waals surface area contributed by atoms with E-state index in [9.17, 15) is 18.0 Å². The van der Waals surface area contributed by atoms with Crippen LogP contribution in [0.25, 0.3) is 28.1 Å². The van der Waals surface area contributed by atoms with Gasteiger partial charge in [-0.2, -0.15) is 0 Å². The van der Waals surface area contributed by atoms with Crippen molar-refractivity contribution < 1.29 is 22.7 Å². The van der Waals surface area contributed by atoms with Gasteiger partial charge in [-0.15, -0.1) is 0 Å². The number of carbonyl (C=O) groups excluding carboxylic acids is 2. The first-order valence-electron chi connectivity index (χ1n) is 15.1. The van der Waals surface area contributed by atoms with Crippen LogP contribution in [-0.2, 0) is 37.2 Å². The molecule has 0 atom stereocenters. The number of anilines is 1. The molecule has 5 aromatic rings. The van der Waals surface area contributed by atoms with Gasteiger partial charge in [0.2, 0.25) is 10.0 Å². The van der Waals surface area contributed by atoms with E-state index in [0.717, 1.165) is 43.6 Å². The van der Waals surface area contributed by atoms with Crippen LogP contribution < -0.4 is 4.31 Å². The Hall–Kier alpha value is -4.44. The van der Waals surface area contributed by atoms with Gasteiger partial charge in [-0.25, -0.2) is 13.4 Å². The van der Waals surface area contributed by atoms with Gasteiger partial charge in [-0.05, 0) is 78.1 Å². The minimum Gasteiger partial charge on any atom is -0.466 e. The van der Waals surface area contributed by atoms with Gasteiger partial charge in [-0.1, -0.05) is 71.7 Å². The van der Waals surface area contributed by atoms with Crippen molar-refractivity contribution >= 4 is 50.7 Å². The van der Waals surface area contributed by atoms with E-state index in [1.54, 1.807) is 31.2 Å². The van der Waals surface area contributed by atoms with Crippen LogP contribution in [0.5, 0.6) is 0 Å². The maximum Gasteiger partial charge on any atom is 0.306 e. The monoisotopic (exact) mass is 687 g/mol. The number of halogens is 2. The first-order valence-corrected chi connectivity index (χ1v) is 17.5. The first-order chi connectivity index (χ1) is 22.6. The van der Waals surface area contributed by atoms with Gasteiger partial charge in [0.25, 0.3) is 0 Å². The quantitative estimate of drug-likeness (QED) is 0.143. The van der Waals surface area contributed by atoms with E-state index in [1.165, 1.54) is 0 Å². The predicted octanol–water partition coefficient (Wildman–Crippen LogP) is 7.32. The molecule has 47 heavy (non-hydrogen) atoms. The Morgan fingerprint density at radius 3 is 2.11 bits per heavy atom. The standard InChI is InChI=1S/C36H31Cl2N3O5S/c1-2-46-36(43)18-7-24-3-8-26(9-4-24)27-10-5-25(6-11-27)19-35-39-34(32-17-12-28(37)20-33(32)38)22-40(35)29-13-15-30(16-14-29)41-21-31(42)23-47(41,44)45/h3-6,8-17,20,22H,2,7,18-19,21,23H2,1H3. The molecule has 0 aliphatic carbocycles. The largest absolute Gasteiger partial charge is 0.466 e. The van der Waals surface area contributed by atoms with Crippen molar-refractivity contribution in [3.63, 3.8) is 0 Å². The molecule has 1 aliphatic heterocycles. The molecule has 240 valence electrons. The molecule has 0 spiro atoms. The molecule has 0 amide bonds. The molecule has 1 saturated heterocycles. The molecule has 2 heterocycles. The predicted molar refractivity (Wildman–Crippen MR) is 185 cm³/mol. The van der Waals surface area contributed by atoms with E-state index in [4.69, 9.17) is 32.9 Å². The van der Waals surface area contributed by atoms with Crippen molar-refractivity contribution in [1.82, 2.24) is 9.55 Å². The minimum atomic E-state index is -3.67. The second kappa shape index (κ2) is 13.7. The molecule has 1 aliphatic rings. The lowest BCUT2D eigenvalue weighted by Crippen LogP contribution is -2.25. The third-order valence-electron chi connectivity index (χ3n) is 7.93. The smallest absolute Gasteiger partial charge is 0.306 e. The topological polar surface area (TPSA) is 98.6 Å². The van der Waals surface area contributed by atoms with E-state index in [-0.39, 0.29) is 18.3 Å². The fraction of sp³-hybridized carbons (Fsp3) is 0.194. The maximum absolute atomic E-state index is 12.5. The Balaban J connectivity index is 1.26. The third kappa shape index (κ3) is 7.43. The van der Waals surface area contributed by atoms with Gasteiger partial charge < -0.3 is 9.30 Å². The normalized spacial score (nSPS) is 14.0. The van der Waals surface area contributed by atoms with Gasteiger partial charge in [0.15, 0.2) is 5.78 Å². The summed E-state index contributed by atoms with van der Waals surface area (Å²) in [6, 6.07) is 28.7. The Morgan fingerprint density at radius 2 is 1.51 bits per heavy atom. The Morgan fingerprint density at radius 1 is 0.872 bits per heavy atom. The Labute approximate surface area is 283 Å². The number of rotatable bonds is 10. The highest BCUT2D eigenvalue weighted by Gasteiger charge is 2.34. The van der Waals surface area contributed by atoms with Crippen molar-refractivity contribution in [3.05, 3.63) is 124 Å². The van der Waals surface area contributed by atoms with E-state index in [0.29, 0.717) is 47.3 Å². The van der Waals surface area contributed by atoms with Crippen LogP contribution in [0.15, 0.2) is 97.2 Å². The van der Waals surface area contributed by atoms with Crippen LogP contribution in [0.3, 0.4) is 0 Å². The first kappa shape index (κ1) is 32.5. The number of hydrogen-bond acceptors (Lipinski definition) is 6. The van der Waals surface area contributed by atoms with Crippen molar-refractivity contribution in [2.75, 3.05) is 23.2 Å². The number of hydrogen-bond donors (Lipinski definition) is 0. The summed E-state index contributed by atoms with van der Waals surface area (Å²) in [4.78, 5) is 28.5. The zero-order chi connectivity index (χ0) is 33.1. The molecule has 4 aromatic carbocycles. The zero-order valence-corrected chi connectivity index (χ0v) is 27.9. The molecular weight excluding hydrogens is 657 g/mol. The second-order valence-electron chi connectivity index (χ2n) is 11.2. The van der Waals surface area contributed by atoms with Crippen LogP contribution in [0.1, 0.15) is 30.3 Å². The van der Waals surface area contributed by atoms with E-state index in [1.807, 2.05) is 41.1 Å². The lowest BCUT2D eigenvalue weighted by Gasteiger charge is -2.16. The molecule has 1 fully saturated rings. The number of ketones is 1. The molecule has 1 aromatic heterocycles. The summed E-state index contributed by atoms with van der Waals surface area (Å²) < 4.78 is 33.0. The molecule has 8 nitrogen and oxygen atoms in total. The third-order valence-corrected chi connectivity index (χ3v) is 10.2. The van der Waals surface area contributed by atoms with Crippen LogP contribution in [-0.4, -0.2) is 48.6 Å². The number of aryl methyl sites for hydroxylation is 1. The number of nitrogens with zero attached hydrogens (tertiary/aromatic N) is 3. The zero-order valence-electron chi connectivity index (χ0n) is 25.5. The molecule has 0 radical (unpaired) electrons. The van der Waals surface area contributed by atoms with E-state index in [2.05, 4.69) is 36.4 Å². The van der Waals surface area contributed by atoms with Crippen LogP contribution >= 0.6 is 23.2 Å². The number of imidazole rings is 1. The lowest BCUT2D eigenvalue weighted by atomic mass is 10.0. The molecule has 0 N–H and O–H groups in total. The van der Waals surface area contributed by atoms with Gasteiger partial charge in [0.1, 0.15) is 11.6 Å². The number of esters is 1. The highest BCUT2D eigenvalue weighted by molar-refractivity contribution is 7.94. The fourth-order valence-electron chi connectivity index (χ4n) is 5.55. The van der Waals surface area contributed by atoms with Crippen molar-refractivity contribution in [2.45, 2.75) is 26.2 Å². The van der Waals surface area contributed by atoms with Crippen LogP contribution in [0.4, 0.5) is 5.69 Å². The summed E-state index contributed by atoms with van der Waals surface area (Å²) >= 11 is 12.7. The van der Waals surface area contributed by atoms with Crippen molar-refractivity contribution in [3.8, 4) is 28.1 Å². The number of ether oxygens (including phenoxy) is 1. The van der Waals surface area contributed by atoms with E-state index >= 15 is 0 Å². The second-order valence-corrected chi connectivity index (χ2v) is 14.0. The molecule has 11 heteroatoms. The Kier molecular flexibility index (Phi) is 9.50. The average Bonchev–Trinajstić information content (AvgIpc) is 3.59. The summed E-state index contributed by atoms with van der Waals surface area (Å²) in [5.41, 5.74) is 6.85. The van der Waals surface area contributed by atoms with Crippen molar-refractivity contribution in [1.29, 1.82) is 0 Å². The van der Waals surface area contributed by atoms with Gasteiger partial charge in [-0.3, -0.25) is 13.9 Å². The summed E-state index contributed by atoms with van der Waals surface area (Å²) in [5.74, 6) is -0.248. The Bertz CT molecular complexity index is 2040. The lowest BCUT2D eigenvalue weighted by molar-refractivity contribution is -0.143. The van der Waals surface area contributed by atoms with Crippen LogP contribution in [0, 0.1) is 0 Å². The number of carbonyl (C=O) groups is 2. The maximum atomic E-state index is 12.5. The summed E-state index contributed by atoms with van der Waals surface area (Å²) in [5, 5.41) is 1.000.